The van der Waals surface area contributed by atoms with E-state index in [0.29, 0.717) is 30.3 Å². The molecule has 1 aromatic carbocycles. The summed E-state index contributed by atoms with van der Waals surface area (Å²) in [6.07, 6.45) is 3.65. The second kappa shape index (κ2) is 8.03. The second-order valence-corrected chi connectivity index (χ2v) is 8.66. The van der Waals surface area contributed by atoms with Gasteiger partial charge in [0.05, 0.1) is 11.4 Å². The highest BCUT2D eigenvalue weighted by Crippen LogP contribution is 2.35. The molecule has 3 aromatic rings. The van der Waals surface area contributed by atoms with Gasteiger partial charge in [-0.05, 0) is 50.7 Å². The molecule has 4 N–H and O–H groups in total. The lowest BCUT2D eigenvalue weighted by Gasteiger charge is -2.19. The molecule has 4 rings (SSSR count). The second-order valence-electron chi connectivity index (χ2n) is 8.25. The number of nitrogens with one attached hydrogen (secondary N) is 4. The van der Waals surface area contributed by atoms with Crippen molar-refractivity contribution in [2.45, 2.75) is 32.8 Å². The number of nitrogens with zero attached hydrogens (tertiary/aromatic N) is 2. The van der Waals surface area contributed by atoms with E-state index in [0.717, 1.165) is 28.2 Å². The summed E-state index contributed by atoms with van der Waals surface area (Å²) in [5.41, 5.74) is 4.42. The summed E-state index contributed by atoms with van der Waals surface area (Å²) in [5, 5.41) is 9.33. The molecule has 0 radical (unpaired) electrons. The number of alkyl carbamates (subject to hydrolysis) is 1. The monoisotopic (exact) mass is 440 g/mol. The minimum atomic E-state index is -0.530. The highest BCUT2D eigenvalue weighted by atomic mass is 32.1. The zero-order valence-electron chi connectivity index (χ0n) is 17.5. The quantitative estimate of drug-likeness (QED) is 0.285. The third-order valence-electron chi connectivity index (χ3n) is 4.73. The lowest BCUT2D eigenvalue weighted by atomic mass is 10.1. The third kappa shape index (κ3) is 4.53. The number of imidazole rings is 1. The van der Waals surface area contributed by atoms with Crippen molar-refractivity contribution < 1.29 is 9.53 Å². The average Bonchev–Trinajstić information content (AvgIpc) is 3.29. The number of H-pyrrole nitrogens is 1. The SMILES string of the molecule is CC(C)(C)OC(=O)NCCNC(=S)Nc1ccc2c(c1)Cc1c-2[nH]c(=O)c2nccn12. The predicted molar refractivity (Wildman–Crippen MR) is 123 cm³/mol. The van der Waals surface area contributed by atoms with Gasteiger partial charge >= 0.3 is 6.09 Å². The number of hydrogen-bond donors (Lipinski definition) is 4. The van der Waals surface area contributed by atoms with Gasteiger partial charge in [-0.2, -0.15) is 0 Å². The van der Waals surface area contributed by atoms with Crippen LogP contribution in [-0.4, -0.2) is 44.3 Å². The fourth-order valence-electron chi connectivity index (χ4n) is 3.52. The highest BCUT2D eigenvalue weighted by Gasteiger charge is 2.23. The summed E-state index contributed by atoms with van der Waals surface area (Å²) in [6.45, 7) is 6.28. The number of anilines is 1. The fraction of sp³-hybridized carbons (Fsp3) is 0.333. The van der Waals surface area contributed by atoms with Crippen molar-refractivity contribution in [1.82, 2.24) is 25.0 Å². The number of thiocarbonyl (C=S) groups is 1. The average molecular weight is 441 g/mol. The first-order valence-electron chi connectivity index (χ1n) is 9.94. The Morgan fingerprint density at radius 1 is 1.29 bits per heavy atom. The molecule has 0 spiro atoms. The number of aromatic nitrogens is 3. The molecule has 10 heteroatoms. The van der Waals surface area contributed by atoms with Gasteiger partial charge in [-0.25, -0.2) is 9.78 Å². The summed E-state index contributed by atoms with van der Waals surface area (Å²) in [4.78, 5) is 31.0. The van der Waals surface area contributed by atoms with Crippen LogP contribution in [0.3, 0.4) is 0 Å². The van der Waals surface area contributed by atoms with Gasteiger partial charge < -0.3 is 25.7 Å². The summed E-state index contributed by atoms with van der Waals surface area (Å²) in [5.74, 6) is 0. The third-order valence-corrected chi connectivity index (χ3v) is 4.98. The molecule has 1 aliphatic rings. The number of hydrogen-bond acceptors (Lipinski definition) is 5. The van der Waals surface area contributed by atoms with E-state index in [9.17, 15) is 9.59 Å². The van der Waals surface area contributed by atoms with Crippen LogP contribution in [-0.2, 0) is 11.2 Å². The minimum Gasteiger partial charge on any atom is -0.444 e. The Kier molecular flexibility index (Phi) is 5.40. The van der Waals surface area contributed by atoms with Crippen LogP contribution in [0.4, 0.5) is 10.5 Å². The first kappa shape index (κ1) is 20.9. The van der Waals surface area contributed by atoms with E-state index < -0.39 is 11.7 Å². The number of amides is 1. The highest BCUT2D eigenvalue weighted by molar-refractivity contribution is 7.80. The van der Waals surface area contributed by atoms with Crippen molar-refractivity contribution in [3.8, 4) is 11.3 Å². The van der Waals surface area contributed by atoms with Crippen molar-refractivity contribution in [3.63, 3.8) is 0 Å². The summed E-state index contributed by atoms with van der Waals surface area (Å²) < 4.78 is 7.02. The Morgan fingerprint density at radius 3 is 2.84 bits per heavy atom. The Hall–Kier alpha value is -3.40. The molecule has 0 saturated carbocycles. The molecule has 9 nitrogen and oxygen atoms in total. The van der Waals surface area contributed by atoms with Gasteiger partial charge in [-0.3, -0.25) is 9.20 Å². The maximum Gasteiger partial charge on any atom is 0.407 e. The van der Waals surface area contributed by atoms with Crippen LogP contribution in [0.25, 0.3) is 16.9 Å². The van der Waals surface area contributed by atoms with Crippen LogP contribution in [0.1, 0.15) is 32.0 Å². The molecule has 2 heterocycles. The number of ether oxygens (including phenoxy) is 1. The largest absolute Gasteiger partial charge is 0.444 e. The molecule has 0 fully saturated rings. The standard InChI is InChI=1S/C21H24N6O3S/c1-21(2,3)30-20(29)24-7-6-23-19(31)25-13-4-5-14-12(10-13)11-15-16(14)26-18(28)17-22-8-9-27(15)17/h4-5,8-10H,6-7,11H2,1-3H3,(H,24,29)(H,26,28)(H2,23,25,31). The molecule has 0 aliphatic heterocycles. The van der Waals surface area contributed by atoms with Gasteiger partial charge in [0.2, 0.25) is 5.65 Å². The summed E-state index contributed by atoms with van der Waals surface area (Å²) in [6, 6.07) is 5.90. The summed E-state index contributed by atoms with van der Waals surface area (Å²) >= 11 is 5.34. The van der Waals surface area contributed by atoms with Crippen LogP contribution < -0.4 is 21.5 Å². The maximum atomic E-state index is 12.2. The molecule has 1 amide bonds. The van der Waals surface area contributed by atoms with E-state index in [1.54, 1.807) is 12.4 Å². The molecule has 31 heavy (non-hydrogen) atoms. The Labute approximate surface area is 184 Å². The van der Waals surface area contributed by atoms with E-state index in [1.165, 1.54) is 0 Å². The molecule has 0 atom stereocenters. The van der Waals surface area contributed by atoms with Crippen LogP contribution >= 0.6 is 12.2 Å². The van der Waals surface area contributed by atoms with Crippen molar-refractivity contribution in [2.75, 3.05) is 18.4 Å². The van der Waals surface area contributed by atoms with Crippen LogP contribution in [0.15, 0.2) is 35.4 Å². The van der Waals surface area contributed by atoms with Crippen molar-refractivity contribution in [2.24, 2.45) is 0 Å². The fourth-order valence-corrected chi connectivity index (χ4v) is 3.74. The van der Waals surface area contributed by atoms with E-state index in [-0.39, 0.29) is 5.56 Å². The van der Waals surface area contributed by atoms with Gasteiger partial charge in [0.25, 0.3) is 5.56 Å². The van der Waals surface area contributed by atoms with Gasteiger partial charge in [0, 0.05) is 43.2 Å². The zero-order chi connectivity index (χ0) is 22.2. The summed E-state index contributed by atoms with van der Waals surface area (Å²) in [7, 11) is 0. The van der Waals surface area contributed by atoms with Gasteiger partial charge in [0.15, 0.2) is 5.11 Å². The predicted octanol–water partition coefficient (Wildman–Crippen LogP) is 2.40. The number of rotatable bonds is 4. The Bertz CT molecular complexity index is 1220. The number of aromatic amines is 1. The van der Waals surface area contributed by atoms with E-state index >= 15 is 0 Å². The zero-order valence-corrected chi connectivity index (χ0v) is 18.4. The van der Waals surface area contributed by atoms with Crippen LogP contribution in [0.5, 0.6) is 0 Å². The smallest absolute Gasteiger partial charge is 0.407 e. The molecule has 162 valence electrons. The molecule has 2 aromatic heterocycles. The van der Waals surface area contributed by atoms with E-state index in [4.69, 9.17) is 17.0 Å². The first-order valence-corrected chi connectivity index (χ1v) is 10.4. The topological polar surface area (TPSA) is 113 Å². The molecule has 0 bridgehead atoms. The molecular weight excluding hydrogens is 416 g/mol. The lowest BCUT2D eigenvalue weighted by Crippen LogP contribution is -2.39. The molecule has 0 saturated heterocycles. The first-order chi connectivity index (χ1) is 14.7. The van der Waals surface area contributed by atoms with E-state index in [2.05, 4.69) is 25.9 Å². The van der Waals surface area contributed by atoms with Crippen LogP contribution in [0, 0.1) is 0 Å². The number of fused-ring (bicyclic) bond motifs is 5. The molecule has 0 unspecified atom stereocenters. The number of carbonyl (C=O) groups excluding carboxylic acids is 1. The number of benzene rings is 1. The van der Waals surface area contributed by atoms with E-state index in [1.807, 2.05) is 43.4 Å². The Morgan fingerprint density at radius 2 is 2.06 bits per heavy atom. The van der Waals surface area contributed by atoms with Crippen molar-refractivity contribution >= 4 is 34.8 Å². The van der Waals surface area contributed by atoms with Gasteiger partial charge in [-0.15, -0.1) is 0 Å². The van der Waals surface area contributed by atoms with Gasteiger partial charge in [-0.1, -0.05) is 6.07 Å². The van der Waals surface area contributed by atoms with Crippen molar-refractivity contribution in [3.05, 3.63) is 52.2 Å². The minimum absolute atomic E-state index is 0.204. The molecule has 1 aliphatic carbocycles. The lowest BCUT2D eigenvalue weighted by molar-refractivity contribution is 0.0529. The maximum absolute atomic E-state index is 12.2. The van der Waals surface area contributed by atoms with Gasteiger partial charge in [0.1, 0.15) is 5.60 Å². The Balaban J connectivity index is 1.35. The van der Waals surface area contributed by atoms with Crippen LogP contribution in [0.2, 0.25) is 0 Å². The normalized spacial score (nSPS) is 12.2. The number of carbonyl (C=O) groups is 1. The molecular formula is C21H24N6O3S. The van der Waals surface area contributed by atoms with Crippen molar-refractivity contribution in [1.29, 1.82) is 0 Å².